The molecule has 24 heavy (non-hydrogen) atoms. The van der Waals surface area contributed by atoms with E-state index in [1.807, 2.05) is 0 Å². The molecule has 1 amide bonds. The Labute approximate surface area is 140 Å². The van der Waals surface area contributed by atoms with Gasteiger partial charge in [0.2, 0.25) is 10.0 Å². The van der Waals surface area contributed by atoms with Crippen molar-refractivity contribution in [1.82, 2.24) is 19.4 Å². The fraction of sp³-hybridized carbons (Fsp3) is 0.467. The van der Waals surface area contributed by atoms with E-state index in [0.717, 1.165) is 0 Å². The Morgan fingerprint density at radius 3 is 2.67 bits per heavy atom. The Bertz CT molecular complexity index is 806. The van der Waals surface area contributed by atoms with Gasteiger partial charge in [0, 0.05) is 26.2 Å². The summed E-state index contributed by atoms with van der Waals surface area (Å²) in [6.45, 7) is 4.86. The summed E-state index contributed by atoms with van der Waals surface area (Å²) in [7, 11) is -3.62. The number of aromatic nitrogens is 2. The fourth-order valence-corrected chi connectivity index (χ4v) is 4.76. The lowest BCUT2D eigenvalue weighted by molar-refractivity contribution is 0.0763. The largest absolute Gasteiger partial charge is 0.472 e. The minimum Gasteiger partial charge on any atom is -0.472 e. The summed E-state index contributed by atoms with van der Waals surface area (Å²) in [6, 6.07) is 1.61. The molecule has 0 radical (unpaired) electrons. The monoisotopic (exact) mass is 352 g/mol. The highest BCUT2D eigenvalue weighted by atomic mass is 32.2. The van der Waals surface area contributed by atoms with Crippen LogP contribution in [0.5, 0.6) is 0 Å². The Kier molecular flexibility index (Phi) is 4.46. The van der Waals surface area contributed by atoms with Crippen molar-refractivity contribution < 1.29 is 17.6 Å². The van der Waals surface area contributed by atoms with Crippen LogP contribution in [0, 0.1) is 13.8 Å². The number of hydrogen-bond donors (Lipinski definition) is 1. The summed E-state index contributed by atoms with van der Waals surface area (Å²) < 4.78 is 32.2. The number of aryl methyl sites for hydroxylation is 2. The van der Waals surface area contributed by atoms with Crippen molar-refractivity contribution in [3.8, 4) is 0 Å². The highest BCUT2D eigenvalue weighted by Crippen LogP contribution is 2.23. The summed E-state index contributed by atoms with van der Waals surface area (Å²) in [6.07, 6.45) is 3.44. The molecule has 0 aromatic carbocycles. The van der Waals surface area contributed by atoms with Crippen LogP contribution in [0.2, 0.25) is 0 Å². The second-order valence-electron chi connectivity index (χ2n) is 5.83. The third kappa shape index (κ3) is 2.96. The SMILES string of the molecule is Cc1n[nH]c(C)c1S(=O)(=O)N1CCCN(C(=O)c2ccoc2)CC1. The molecule has 0 saturated carbocycles. The maximum absolute atomic E-state index is 12.9. The van der Waals surface area contributed by atoms with Crippen LogP contribution < -0.4 is 0 Å². The minimum absolute atomic E-state index is 0.140. The van der Waals surface area contributed by atoms with Gasteiger partial charge in [0.15, 0.2) is 0 Å². The molecule has 9 heteroatoms. The third-order valence-corrected chi connectivity index (χ3v) is 6.33. The average Bonchev–Trinajstić information content (AvgIpc) is 3.10. The molecule has 2 aromatic heterocycles. The minimum atomic E-state index is -3.62. The van der Waals surface area contributed by atoms with E-state index in [4.69, 9.17) is 4.42 Å². The summed E-state index contributed by atoms with van der Waals surface area (Å²) in [5.41, 5.74) is 1.47. The first-order valence-corrected chi connectivity index (χ1v) is 9.18. The van der Waals surface area contributed by atoms with Crippen molar-refractivity contribution in [1.29, 1.82) is 0 Å². The van der Waals surface area contributed by atoms with E-state index in [0.29, 0.717) is 43.0 Å². The van der Waals surface area contributed by atoms with Gasteiger partial charge in [-0.3, -0.25) is 9.89 Å². The highest BCUT2D eigenvalue weighted by Gasteiger charge is 2.32. The normalized spacial score (nSPS) is 17.0. The lowest BCUT2D eigenvalue weighted by atomic mass is 10.3. The molecule has 1 N–H and O–H groups in total. The smallest absolute Gasteiger partial charge is 0.257 e. The molecule has 0 spiro atoms. The van der Waals surface area contributed by atoms with Crippen LogP contribution in [-0.4, -0.2) is 59.9 Å². The van der Waals surface area contributed by atoms with Gasteiger partial charge in [0.25, 0.3) is 5.91 Å². The van der Waals surface area contributed by atoms with Crippen LogP contribution in [0.15, 0.2) is 27.9 Å². The molecule has 130 valence electrons. The Morgan fingerprint density at radius 2 is 2.04 bits per heavy atom. The van der Waals surface area contributed by atoms with Crippen LogP contribution in [0.4, 0.5) is 0 Å². The van der Waals surface area contributed by atoms with E-state index in [-0.39, 0.29) is 17.3 Å². The van der Waals surface area contributed by atoms with Gasteiger partial charge in [-0.25, -0.2) is 8.42 Å². The van der Waals surface area contributed by atoms with Gasteiger partial charge in [-0.2, -0.15) is 9.40 Å². The predicted molar refractivity (Wildman–Crippen MR) is 86.0 cm³/mol. The zero-order valence-electron chi connectivity index (χ0n) is 13.7. The molecule has 1 aliphatic rings. The number of nitrogens with zero attached hydrogens (tertiary/aromatic N) is 3. The first-order chi connectivity index (χ1) is 11.4. The van der Waals surface area contributed by atoms with E-state index in [1.165, 1.54) is 16.8 Å². The molecule has 3 heterocycles. The van der Waals surface area contributed by atoms with Crippen LogP contribution in [-0.2, 0) is 10.0 Å². The number of rotatable bonds is 3. The lowest BCUT2D eigenvalue weighted by Gasteiger charge is -2.21. The number of carbonyl (C=O) groups is 1. The molecule has 8 nitrogen and oxygen atoms in total. The number of furan rings is 1. The maximum atomic E-state index is 12.9. The molecular weight excluding hydrogens is 332 g/mol. The van der Waals surface area contributed by atoms with E-state index in [1.54, 1.807) is 24.8 Å². The number of aromatic amines is 1. The maximum Gasteiger partial charge on any atom is 0.257 e. The number of amides is 1. The van der Waals surface area contributed by atoms with Crippen molar-refractivity contribution in [2.45, 2.75) is 25.2 Å². The zero-order chi connectivity index (χ0) is 17.3. The van der Waals surface area contributed by atoms with Crippen molar-refractivity contribution in [2.75, 3.05) is 26.2 Å². The van der Waals surface area contributed by atoms with Gasteiger partial charge < -0.3 is 9.32 Å². The molecule has 0 unspecified atom stereocenters. The summed E-state index contributed by atoms with van der Waals surface area (Å²) in [5.74, 6) is -0.140. The average molecular weight is 352 g/mol. The van der Waals surface area contributed by atoms with Crippen LogP contribution in [0.25, 0.3) is 0 Å². The van der Waals surface area contributed by atoms with Crippen LogP contribution in [0.3, 0.4) is 0 Å². The second kappa shape index (κ2) is 6.40. The van der Waals surface area contributed by atoms with Gasteiger partial charge >= 0.3 is 0 Å². The summed E-state index contributed by atoms with van der Waals surface area (Å²) in [5, 5.41) is 6.68. The number of sulfonamides is 1. The van der Waals surface area contributed by atoms with Gasteiger partial charge in [-0.05, 0) is 26.3 Å². The standard InChI is InChI=1S/C15H20N4O4S/c1-11-14(12(2)17-16-11)24(21,22)19-6-3-5-18(7-8-19)15(20)13-4-9-23-10-13/h4,9-10H,3,5-8H2,1-2H3,(H,16,17). The number of H-pyrrole nitrogens is 1. The van der Waals surface area contributed by atoms with Crippen molar-refractivity contribution >= 4 is 15.9 Å². The topological polar surface area (TPSA) is 99.5 Å². The zero-order valence-corrected chi connectivity index (χ0v) is 14.5. The van der Waals surface area contributed by atoms with Gasteiger partial charge in [0.05, 0.1) is 23.2 Å². The van der Waals surface area contributed by atoms with E-state index < -0.39 is 10.0 Å². The fourth-order valence-electron chi connectivity index (χ4n) is 2.96. The molecular formula is C15H20N4O4S. The van der Waals surface area contributed by atoms with Gasteiger partial charge in [-0.1, -0.05) is 0 Å². The van der Waals surface area contributed by atoms with Crippen LogP contribution in [0.1, 0.15) is 28.2 Å². The lowest BCUT2D eigenvalue weighted by Crippen LogP contribution is -2.37. The van der Waals surface area contributed by atoms with Gasteiger partial charge in [0.1, 0.15) is 11.2 Å². The molecule has 1 fully saturated rings. The number of hydrogen-bond acceptors (Lipinski definition) is 5. The molecule has 3 rings (SSSR count). The number of carbonyl (C=O) groups excluding carboxylic acids is 1. The Morgan fingerprint density at radius 1 is 1.25 bits per heavy atom. The molecule has 0 aliphatic carbocycles. The predicted octanol–water partition coefficient (Wildman–Crippen LogP) is 1.16. The first-order valence-electron chi connectivity index (χ1n) is 7.74. The molecule has 1 saturated heterocycles. The first kappa shape index (κ1) is 16.7. The van der Waals surface area contributed by atoms with E-state index in [9.17, 15) is 13.2 Å². The Balaban J connectivity index is 1.77. The number of nitrogens with one attached hydrogen (secondary N) is 1. The quantitative estimate of drug-likeness (QED) is 0.893. The molecule has 1 aliphatic heterocycles. The molecule has 0 bridgehead atoms. The van der Waals surface area contributed by atoms with Crippen LogP contribution >= 0.6 is 0 Å². The molecule has 2 aromatic rings. The summed E-state index contributed by atoms with van der Waals surface area (Å²) in [4.78, 5) is 14.3. The van der Waals surface area contributed by atoms with E-state index >= 15 is 0 Å². The van der Waals surface area contributed by atoms with Crippen molar-refractivity contribution in [2.24, 2.45) is 0 Å². The van der Waals surface area contributed by atoms with Crippen molar-refractivity contribution in [3.63, 3.8) is 0 Å². The second-order valence-corrected chi connectivity index (χ2v) is 7.70. The van der Waals surface area contributed by atoms with Gasteiger partial charge in [-0.15, -0.1) is 0 Å². The molecule has 0 atom stereocenters. The Hall–Kier alpha value is -2.13. The summed E-state index contributed by atoms with van der Waals surface area (Å²) >= 11 is 0. The third-order valence-electron chi connectivity index (χ3n) is 4.17. The van der Waals surface area contributed by atoms with Crippen molar-refractivity contribution in [3.05, 3.63) is 35.5 Å². The highest BCUT2D eigenvalue weighted by molar-refractivity contribution is 7.89. The van der Waals surface area contributed by atoms with E-state index in [2.05, 4.69) is 10.2 Å².